The highest BCUT2D eigenvalue weighted by Crippen LogP contribution is 2.30. The van der Waals surface area contributed by atoms with Crippen molar-refractivity contribution in [2.24, 2.45) is 5.22 Å². The molecule has 0 aliphatic carbocycles. The zero-order valence-electron chi connectivity index (χ0n) is 17.5. The number of nitrogens with zero attached hydrogens (tertiary/aromatic N) is 7. The van der Waals surface area contributed by atoms with Crippen molar-refractivity contribution in [3.63, 3.8) is 0 Å². The van der Waals surface area contributed by atoms with E-state index in [0.717, 1.165) is 54.3 Å². The Morgan fingerprint density at radius 1 is 1.18 bits per heavy atom. The van der Waals surface area contributed by atoms with E-state index in [4.69, 9.17) is 10.3 Å². The number of benzene rings is 1. The van der Waals surface area contributed by atoms with Crippen molar-refractivity contribution in [2.75, 3.05) is 13.1 Å². The Hall–Kier alpha value is -4.21. The predicted octanol–water partition coefficient (Wildman–Crippen LogP) is 3.06. The van der Waals surface area contributed by atoms with Crippen LogP contribution in [0.5, 0.6) is 5.75 Å². The van der Waals surface area contributed by atoms with Crippen molar-refractivity contribution in [1.29, 1.82) is 0 Å². The van der Waals surface area contributed by atoms with Crippen LogP contribution in [0.4, 0.5) is 4.39 Å². The van der Waals surface area contributed by atoms with Gasteiger partial charge in [-0.2, -0.15) is 19.4 Å². The second-order valence-corrected chi connectivity index (χ2v) is 7.57. The topological polar surface area (TPSA) is 123 Å². The van der Waals surface area contributed by atoms with Gasteiger partial charge in [-0.15, -0.1) is 5.53 Å². The fraction of sp³-hybridized carbons (Fsp3) is 0.227. The smallest absolute Gasteiger partial charge is 0.275 e. The Bertz CT molecular complexity index is 1440. The van der Waals surface area contributed by atoms with Crippen molar-refractivity contribution in [2.45, 2.75) is 19.4 Å². The molecular weight excluding hydrogens is 427 g/mol. The van der Waals surface area contributed by atoms with Gasteiger partial charge < -0.3 is 10.1 Å². The van der Waals surface area contributed by atoms with Crippen LogP contribution in [-0.2, 0) is 19.4 Å². The molecule has 0 amide bonds. The largest absolute Gasteiger partial charge is 0.485 e. The average Bonchev–Trinajstić information content (AvgIpc) is 2.96. The number of hydrogen-bond acceptors (Lipinski definition) is 6. The van der Waals surface area contributed by atoms with Gasteiger partial charge in [0.2, 0.25) is 0 Å². The molecule has 4 aromatic rings. The second-order valence-electron chi connectivity index (χ2n) is 7.57. The van der Waals surface area contributed by atoms with E-state index in [1.54, 1.807) is 10.7 Å². The SMILES string of the molecule is [N-]=[N+]=Nn1c2c(c3ccc(-n4ncc(OCc5ccc(F)cn5)cc4=O)cc31)CCNCC2. The van der Waals surface area contributed by atoms with Crippen LogP contribution in [0.2, 0.25) is 0 Å². The van der Waals surface area contributed by atoms with Crippen LogP contribution >= 0.6 is 0 Å². The molecule has 5 rings (SSSR count). The van der Waals surface area contributed by atoms with Gasteiger partial charge in [-0.3, -0.25) is 9.78 Å². The van der Waals surface area contributed by atoms with Gasteiger partial charge in [0, 0.05) is 36.0 Å². The summed E-state index contributed by atoms with van der Waals surface area (Å²) in [5.74, 6) is -0.153. The van der Waals surface area contributed by atoms with Crippen LogP contribution in [0.15, 0.2) is 58.8 Å². The van der Waals surface area contributed by atoms with Crippen LogP contribution in [0.1, 0.15) is 17.0 Å². The second kappa shape index (κ2) is 8.73. The first-order chi connectivity index (χ1) is 16.1. The van der Waals surface area contributed by atoms with Crippen LogP contribution in [0.25, 0.3) is 27.0 Å². The lowest BCUT2D eigenvalue weighted by molar-refractivity contribution is 0.298. The molecule has 1 N–H and O–H groups in total. The summed E-state index contributed by atoms with van der Waals surface area (Å²) in [5, 5.41) is 12.5. The van der Waals surface area contributed by atoms with Gasteiger partial charge in [0.1, 0.15) is 29.4 Å². The fourth-order valence-electron chi connectivity index (χ4n) is 4.05. The van der Waals surface area contributed by atoms with E-state index in [1.165, 1.54) is 29.1 Å². The number of rotatable bonds is 5. The molecule has 3 aromatic heterocycles. The van der Waals surface area contributed by atoms with E-state index in [-0.39, 0.29) is 17.9 Å². The molecule has 10 nitrogen and oxygen atoms in total. The van der Waals surface area contributed by atoms with Crippen molar-refractivity contribution in [1.82, 2.24) is 24.8 Å². The van der Waals surface area contributed by atoms with Crippen LogP contribution < -0.4 is 15.6 Å². The zero-order valence-corrected chi connectivity index (χ0v) is 17.5. The monoisotopic (exact) mass is 446 g/mol. The summed E-state index contributed by atoms with van der Waals surface area (Å²) in [6, 6.07) is 9.67. The molecule has 0 spiro atoms. The average molecular weight is 446 g/mol. The molecule has 0 radical (unpaired) electrons. The van der Waals surface area contributed by atoms with Crippen molar-refractivity contribution >= 4 is 10.9 Å². The Kier molecular flexibility index (Phi) is 5.47. The molecule has 1 aliphatic heterocycles. The van der Waals surface area contributed by atoms with Crippen LogP contribution in [-0.4, -0.2) is 32.5 Å². The number of nitrogens with one attached hydrogen (secondary N) is 1. The molecule has 166 valence electrons. The van der Waals surface area contributed by atoms with Gasteiger partial charge in [0.15, 0.2) is 0 Å². The number of azide groups is 1. The number of aromatic nitrogens is 4. The van der Waals surface area contributed by atoms with Crippen LogP contribution in [0, 0.1) is 5.82 Å². The van der Waals surface area contributed by atoms with E-state index in [1.807, 2.05) is 12.1 Å². The number of ether oxygens (including phenoxy) is 1. The van der Waals surface area contributed by atoms with E-state index in [2.05, 4.69) is 25.5 Å². The molecule has 11 heteroatoms. The first-order valence-corrected chi connectivity index (χ1v) is 10.4. The maximum absolute atomic E-state index is 13.0. The molecule has 0 unspecified atom stereocenters. The molecule has 0 bridgehead atoms. The van der Waals surface area contributed by atoms with E-state index < -0.39 is 5.82 Å². The third kappa shape index (κ3) is 4.02. The number of halogens is 1. The molecule has 33 heavy (non-hydrogen) atoms. The number of fused-ring (bicyclic) bond motifs is 3. The van der Waals surface area contributed by atoms with Gasteiger partial charge in [-0.1, -0.05) is 0 Å². The third-order valence-electron chi connectivity index (χ3n) is 5.55. The predicted molar refractivity (Wildman–Crippen MR) is 119 cm³/mol. The summed E-state index contributed by atoms with van der Waals surface area (Å²) in [4.78, 5) is 19.7. The quantitative estimate of drug-likeness (QED) is 0.287. The van der Waals surface area contributed by atoms with Crippen molar-refractivity contribution in [3.05, 3.63) is 92.4 Å². The van der Waals surface area contributed by atoms with Gasteiger partial charge in [0.25, 0.3) is 5.56 Å². The van der Waals surface area contributed by atoms with Gasteiger partial charge in [0.05, 0.1) is 23.8 Å². The summed E-state index contributed by atoms with van der Waals surface area (Å²) in [6.45, 7) is 1.73. The first-order valence-electron chi connectivity index (χ1n) is 10.4. The minimum absolute atomic E-state index is 0.0808. The maximum atomic E-state index is 13.0. The highest BCUT2D eigenvalue weighted by Gasteiger charge is 2.23. The van der Waals surface area contributed by atoms with Gasteiger partial charge in [-0.25, -0.2) is 4.39 Å². The molecule has 1 aromatic carbocycles. The molecule has 4 heterocycles. The molecule has 0 atom stereocenters. The van der Waals surface area contributed by atoms with Crippen LogP contribution in [0.3, 0.4) is 0 Å². The minimum Gasteiger partial charge on any atom is -0.485 e. The standard InChI is InChI=1S/C22H19FN8O2/c23-14-1-2-15(26-11-14)13-33-17-10-22(32)30(27-12-17)16-3-4-18-19-5-7-25-8-6-20(19)31(29-28-24)21(18)9-16/h1-4,9-12,25H,5-8,13H2. The summed E-state index contributed by atoms with van der Waals surface area (Å²) in [7, 11) is 0. The van der Waals surface area contributed by atoms with E-state index >= 15 is 0 Å². The molecule has 0 fully saturated rings. The molecular formula is C22H19FN8O2. The lowest BCUT2D eigenvalue weighted by Crippen LogP contribution is -2.20. The van der Waals surface area contributed by atoms with Crippen molar-refractivity contribution < 1.29 is 9.13 Å². The minimum atomic E-state index is -0.431. The highest BCUT2D eigenvalue weighted by molar-refractivity contribution is 5.87. The fourth-order valence-corrected chi connectivity index (χ4v) is 4.05. The Morgan fingerprint density at radius 2 is 2.06 bits per heavy atom. The Morgan fingerprint density at radius 3 is 2.85 bits per heavy atom. The summed E-state index contributed by atoms with van der Waals surface area (Å²) in [6.07, 6.45) is 4.10. The maximum Gasteiger partial charge on any atom is 0.275 e. The molecule has 0 saturated heterocycles. The van der Waals surface area contributed by atoms with E-state index in [0.29, 0.717) is 11.4 Å². The number of hydrogen-bond donors (Lipinski definition) is 1. The van der Waals surface area contributed by atoms with Gasteiger partial charge >= 0.3 is 0 Å². The Balaban J connectivity index is 1.47. The van der Waals surface area contributed by atoms with Gasteiger partial charge in [-0.05, 0) is 42.5 Å². The molecule has 0 saturated carbocycles. The summed E-state index contributed by atoms with van der Waals surface area (Å²) in [5.41, 5.74) is 12.6. The normalized spacial score (nSPS) is 13.2. The first kappa shape index (κ1) is 20.7. The third-order valence-corrected chi connectivity index (χ3v) is 5.55. The lowest BCUT2D eigenvalue weighted by atomic mass is 10.1. The number of pyridine rings is 1. The Labute approximate surface area is 186 Å². The van der Waals surface area contributed by atoms with E-state index in [9.17, 15) is 9.18 Å². The van der Waals surface area contributed by atoms with Crippen molar-refractivity contribution in [3.8, 4) is 11.4 Å². The molecule has 1 aliphatic rings. The lowest BCUT2D eigenvalue weighted by Gasteiger charge is -2.08. The summed E-state index contributed by atoms with van der Waals surface area (Å²) >= 11 is 0. The summed E-state index contributed by atoms with van der Waals surface area (Å²) < 4.78 is 21.4. The zero-order chi connectivity index (χ0) is 22.8. The highest BCUT2D eigenvalue weighted by atomic mass is 19.1.